The Hall–Kier alpha value is -1.60. The van der Waals surface area contributed by atoms with Gasteiger partial charge in [0, 0.05) is 42.2 Å². The van der Waals surface area contributed by atoms with E-state index in [1.54, 1.807) is 0 Å². The molecule has 3 rings (SSSR count). The van der Waals surface area contributed by atoms with Crippen molar-refractivity contribution in [2.24, 2.45) is 27.8 Å². The summed E-state index contributed by atoms with van der Waals surface area (Å²) in [5, 5.41) is 0.421. The van der Waals surface area contributed by atoms with Crippen LogP contribution in [0.3, 0.4) is 0 Å². The van der Waals surface area contributed by atoms with E-state index in [0.29, 0.717) is 17.3 Å². The number of thiol groups is 1. The topological polar surface area (TPSA) is 70.9 Å². The van der Waals surface area contributed by atoms with Gasteiger partial charge in [-0.05, 0) is 88.9 Å². The number of nitrogens with zero attached hydrogens (tertiary/aromatic N) is 3. The third-order valence-corrected chi connectivity index (χ3v) is 8.55. The smallest absolute Gasteiger partial charge is 0.0866 e. The fraction of sp³-hybridized carbons (Fsp3) is 0.686. The second-order valence-electron chi connectivity index (χ2n) is 11.9. The van der Waals surface area contributed by atoms with E-state index in [1.807, 2.05) is 26.8 Å². The molecule has 0 aromatic carbocycles. The summed E-state index contributed by atoms with van der Waals surface area (Å²) < 4.78 is 0. The molecule has 0 bridgehead atoms. The van der Waals surface area contributed by atoms with Gasteiger partial charge in [0.2, 0.25) is 0 Å². The molecule has 1 aliphatic heterocycles. The van der Waals surface area contributed by atoms with Crippen LogP contribution in [0.1, 0.15) is 94.4 Å². The molecule has 2 fully saturated rings. The number of rotatable bonds is 8. The van der Waals surface area contributed by atoms with Crippen LogP contribution >= 0.6 is 12.6 Å². The first-order valence-electron chi connectivity index (χ1n) is 15.9. The van der Waals surface area contributed by atoms with Crippen molar-refractivity contribution in [1.82, 2.24) is 9.80 Å². The zero-order chi connectivity index (χ0) is 31.6. The van der Waals surface area contributed by atoms with Gasteiger partial charge in [-0.25, -0.2) is 0 Å². The van der Waals surface area contributed by atoms with Crippen LogP contribution in [-0.2, 0) is 0 Å². The molecule has 0 radical (unpaired) electrons. The van der Waals surface area contributed by atoms with E-state index in [-0.39, 0.29) is 0 Å². The summed E-state index contributed by atoms with van der Waals surface area (Å²) in [7, 11) is 0. The van der Waals surface area contributed by atoms with Crippen molar-refractivity contribution in [2.45, 2.75) is 106 Å². The van der Waals surface area contributed by atoms with E-state index >= 15 is 0 Å². The van der Waals surface area contributed by atoms with Gasteiger partial charge in [-0.2, -0.15) is 12.6 Å². The Morgan fingerprint density at radius 3 is 2.37 bits per heavy atom. The van der Waals surface area contributed by atoms with Crippen molar-refractivity contribution in [3.8, 4) is 0 Å². The van der Waals surface area contributed by atoms with Crippen molar-refractivity contribution >= 4 is 18.3 Å². The Balaban J connectivity index is 0.000000717. The van der Waals surface area contributed by atoms with E-state index in [1.165, 1.54) is 55.7 Å². The molecule has 0 amide bonds. The lowest BCUT2D eigenvalue weighted by Crippen LogP contribution is -2.58. The highest BCUT2D eigenvalue weighted by atomic mass is 32.1. The van der Waals surface area contributed by atoms with Crippen molar-refractivity contribution in [3.05, 3.63) is 59.9 Å². The molecule has 2 aliphatic carbocycles. The van der Waals surface area contributed by atoms with E-state index in [4.69, 9.17) is 11.5 Å². The molecule has 1 saturated heterocycles. The molecule has 236 valence electrons. The second-order valence-corrected chi connectivity index (χ2v) is 12.6. The third kappa shape index (κ3) is 13.5. The summed E-state index contributed by atoms with van der Waals surface area (Å²) in [6.07, 6.45) is 14.7. The van der Waals surface area contributed by atoms with Crippen LogP contribution < -0.4 is 11.5 Å². The lowest BCUT2D eigenvalue weighted by molar-refractivity contribution is -0.0500. The molecule has 0 spiro atoms. The van der Waals surface area contributed by atoms with E-state index < -0.39 is 0 Å². The molecule has 3 unspecified atom stereocenters. The molecule has 1 saturated carbocycles. The van der Waals surface area contributed by atoms with Gasteiger partial charge in [0.1, 0.15) is 0 Å². The predicted molar refractivity (Wildman–Crippen MR) is 189 cm³/mol. The Labute approximate surface area is 260 Å². The monoisotopic (exact) mass is 587 g/mol. The zero-order valence-electron chi connectivity index (χ0n) is 28.2. The van der Waals surface area contributed by atoms with Gasteiger partial charge in [-0.3, -0.25) is 14.8 Å². The molecule has 0 aromatic rings. The molecule has 41 heavy (non-hydrogen) atoms. The van der Waals surface area contributed by atoms with Crippen molar-refractivity contribution in [2.75, 3.05) is 39.4 Å². The normalized spacial score (nSPS) is 24.4. The number of hydrogen-bond acceptors (Lipinski definition) is 6. The third-order valence-electron chi connectivity index (χ3n) is 8.02. The highest BCUT2D eigenvalue weighted by molar-refractivity contribution is 7.81. The molecule has 5 nitrogen and oxygen atoms in total. The summed E-state index contributed by atoms with van der Waals surface area (Å²) in [5.74, 6) is 0.876. The quantitative estimate of drug-likeness (QED) is 0.154. The first-order valence-corrected chi connectivity index (χ1v) is 16.4. The minimum Gasteiger partial charge on any atom is -0.402 e. The van der Waals surface area contributed by atoms with Gasteiger partial charge >= 0.3 is 0 Å². The average molecular weight is 588 g/mol. The van der Waals surface area contributed by atoms with E-state index in [0.717, 1.165) is 49.2 Å². The first-order chi connectivity index (χ1) is 19.5. The molecule has 3 atom stereocenters. The summed E-state index contributed by atoms with van der Waals surface area (Å²) >= 11 is 4.53. The maximum atomic E-state index is 5.72. The maximum Gasteiger partial charge on any atom is 0.0866 e. The first kappa shape index (κ1) is 39.4. The maximum absolute atomic E-state index is 5.72. The van der Waals surface area contributed by atoms with Crippen LogP contribution in [0.2, 0.25) is 0 Å². The van der Waals surface area contributed by atoms with Gasteiger partial charge in [-0.1, -0.05) is 65.3 Å². The second kappa shape index (κ2) is 21.1. The number of aliphatic imine (C=N–C) groups is 1. The molecule has 6 heteroatoms. The highest BCUT2D eigenvalue weighted by Gasteiger charge is 2.47. The van der Waals surface area contributed by atoms with E-state index in [2.05, 4.69) is 100 Å². The van der Waals surface area contributed by atoms with Gasteiger partial charge in [0.15, 0.2) is 0 Å². The average Bonchev–Trinajstić information content (AvgIpc) is 3.15. The van der Waals surface area contributed by atoms with Crippen LogP contribution in [-0.4, -0.2) is 66.2 Å². The zero-order valence-corrected chi connectivity index (χ0v) is 29.1. The fourth-order valence-corrected chi connectivity index (χ4v) is 6.60. The Kier molecular flexibility index (Phi) is 20.3. The molecule has 0 aromatic heterocycles. The minimum atomic E-state index is 0.295. The Bertz CT molecular complexity index is 894. The fourth-order valence-electron chi connectivity index (χ4n) is 6.48. The Morgan fingerprint density at radius 1 is 1.20 bits per heavy atom. The van der Waals surface area contributed by atoms with Crippen LogP contribution in [0.15, 0.2) is 64.9 Å². The highest BCUT2D eigenvalue weighted by Crippen LogP contribution is 2.48. The van der Waals surface area contributed by atoms with Crippen molar-refractivity contribution in [3.63, 3.8) is 0 Å². The Morgan fingerprint density at radius 2 is 1.85 bits per heavy atom. The summed E-state index contributed by atoms with van der Waals surface area (Å²) in [6.45, 7) is 32.0. The molecule has 1 heterocycles. The summed E-state index contributed by atoms with van der Waals surface area (Å²) in [4.78, 5) is 9.70. The number of hydrogen-bond donors (Lipinski definition) is 3. The standard InChI is InChI=1S/C18H34N2S.C13H21N3.C2H6.C2H4/c1-5-16(21)8-6-9-19-10-7-11-20(13-12-19)17-15(2)14-18(17,3)4;1-9-5-4-6-10(2)13(9)12(16-8-14)7-11(3)15;2*1-2/h6,8,15-17,21H,5,7,9-14H2,1-4H3;5,7H,4,6,8,14-15H2,1-3H3;1-2H3;1-2H2/b8-6+;11-7-,16-12+;;. The van der Waals surface area contributed by atoms with Gasteiger partial charge in [0.05, 0.1) is 12.4 Å². The van der Waals surface area contributed by atoms with Crippen LogP contribution in [0, 0.1) is 11.3 Å². The molecular weight excluding hydrogens is 522 g/mol. The van der Waals surface area contributed by atoms with Crippen LogP contribution in [0.4, 0.5) is 0 Å². The van der Waals surface area contributed by atoms with Crippen molar-refractivity contribution < 1.29 is 0 Å². The number of allylic oxidation sites excluding steroid dienone is 6. The van der Waals surface area contributed by atoms with E-state index in [9.17, 15) is 0 Å². The van der Waals surface area contributed by atoms with Gasteiger partial charge in [0.25, 0.3) is 0 Å². The van der Waals surface area contributed by atoms with Gasteiger partial charge < -0.3 is 11.5 Å². The minimum absolute atomic E-state index is 0.295. The molecule has 3 aliphatic rings. The largest absolute Gasteiger partial charge is 0.402 e. The molecule has 4 N–H and O–H groups in total. The molecular formula is C35H65N5S. The number of nitrogens with two attached hydrogens (primary N) is 2. The summed E-state index contributed by atoms with van der Waals surface area (Å²) in [6, 6.07) is 0.801. The van der Waals surface area contributed by atoms with Gasteiger partial charge in [-0.15, -0.1) is 13.2 Å². The van der Waals surface area contributed by atoms with Crippen LogP contribution in [0.5, 0.6) is 0 Å². The predicted octanol–water partition coefficient (Wildman–Crippen LogP) is 7.78. The van der Waals surface area contributed by atoms with Crippen LogP contribution in [0.25, 0.3) is 0 Å². The lowest BCUT2D eigenvalue weighted by atomic mass is 9.60. The lowest BCUT2D eigenvalue weighted by Gasteiger charge is -2.55. The summed E-state index contributed by atoms with van der Waals surface area (Å²) in [5.41, 5.74) is 17.3. The SMILES string of the molecule is C=C.CC.CC1=CCCC(C)=C1C(/C=C(/C)N)=N/CN.CCC(S)/C=C/CN1CCCN(C2C(C)CC2(C)C)CC1. The van der Waals surface area contributed by atoms with Crippen molar-refractivity contribution in [1.29, 1.82) is 0 Å².